The Morgan fingerprint density at radius 1 is 1.00 bits per heavy atom. The predicted octanol–water partition coefficient (Wildman–Crippen LogP) is 2.75. The van der Waals surface area contributed by atoms with E-state index in [-0.39, 0.29) is 6.10 Å². The highest BCUT2D eigenvalue weighted by atomic mass is 32.1. The van der Waals surface area contributed by atoms with Gasteiger partial charge in [-0.3, -0.25) is 4.90 Å². The number of aliphatic hydroxyl groups is 1. The van der Waals surface area contributed by atoms with Crippen molar-refractivity contribution in [1.82, 2.24) is 29.8 Å². The van der Waals surface area contributed by atoms with E-state index >= 15 is 0 Å². The number of rotatable bonds is 5. The molecule has 2 N–H and O–H groups in total. The van der Waals surface area contributed by atoms with E-state index in [9.17, 15) is 5.11 Å². The number of likely N-dealkylation sites (tertiary alicyclic amines) is 1. The number of fused-ring (bicyclic) bond motifs is 3. The molecule has 184 valence electrons. The van der Waals surface area contributed by atoms with Crippen LogP contribution in [0.25, 0.3) is 20.8 Å². The summed E-state index contributed by atoms with van der Waals surface area (Å²) in [5, 5.41) is 14.1. The second-order valence-electron chi connectivity index (χ2n) is 9.85. The van der Waals surface area contributed by atoms with Gasteiger partial charge in [-0.2, -0.15) is 4.98 Å². The van der Waals surface area contributed by atoms with Crippen LogP contribution in [-0.4, -0.2) is 86.3 Å². The van der Waals surface area contributed by atoms with Gasteiger partial charge in [0.05, 0.1) is 16.3 Å². The lowest BCUT2D eigenvalue weighted by molar-refractivity contribution is 0.198. The molecule has 0 amide bonds. The summed E-state index contributed by atoms with van der Waals surface area (Å²) in [7, 11) is 2.19. The molecule has 0 spiro atoms. The third-order valence-corrected chi connectivity index (χ3v) is 8.48. The lowest BCUT2D eigenvalue weighted by Gasteiger charge is -2.31. The Labute approximate surface area is 212 Å². The number of likely N-dealkylation sites (N-methyl/N-ethyl adjacent to an activating group) is 1. The maximum absolute atomic E-state index is 9.87. The quantitative estimate of drug-likeness (QED) is 0.424. The number of β-amino-alcohol motifs (C(OH)–C–C–N with tert-alkyl or cyclic N) is 1. The summed E-state index contributed by atoms with van der Waals surface area (Å²) in [6, 6.07) is 8.94. The van der Waals surface area contributed by atoms with Crippen LogP contribution in [0.1, 0.15) is 12.8 Å². The molecule has 10 nitrogen and oxygen atoms in total. The molecule has 0 saturated carbocycles. The smallest absolute Gasteiger partial charge is 0.227 e. The minimum atomic E-state index is -0.284. The van der Waals surface area contributed by atoms with Crippen LogP contribution in [-0.2, 0) is 0 Å². The van der Waals surface area contributed by atoms with E-state index in [1.165, 1.54) is 6.42 Å². The molecule has 0 radical (unpaired) electrons. The van der Waals surface area contributed by atoms with Crippen molar-refractivity contribution in [2.45, 2.75) is 31.0 Å². The number of hydrogen-bond donors (Lipinski definition) is 2. The monoisotopic (exact) mass is 501 g/mol. The normalized spacial score (nSPS) is 23.8. The minimum Gasteiger partial charge on any atom is -0.391 e. The van der Waals surface area contributed by atoms with Crippen molar-refractivity contribution in [3.63, 3.8) is 0 Å². The lowest BCUT2D eigenvalue weighted by Crippen LogP contribution is -2.45. The second-order valence-corrected chi connectivity index (χ2v) is 10.9. The summed E-state index contributed by atoms with van der Waals surface area (Å²) >= 11 is 1.61. The van der Waals surface area contributed by atoms with Gasteiger partial charge in [0.15, 0.2) is 0 Å². The van der Waals surface area contributed by atoms with Crippen LogP contribution in [0.2, 0.25) is 0 Å². The molecule has 4 aromatic rings. The second kappa shape index (κ2) is 8.61. The Kier molecular flexibility index (Phi) is 5.22. The van der Waals surface area contributed by atoms with Gasteiger partial charge in [0.2, 0.25) is 5.95 Å². The van der Waals surface area contributed by atoms with Crippen LogP contribution in [0.15, 0.2) is 42.9 Å². The molecule has 7 rings (SSSR count). The SMILES string of the molecule is CN1C[C@@H]2C[C@H]1CN2c1nccc(Nc2cc3nc(-c4ccnc(N5CC[C@H](O)C5)c4)sc3cn2)n1. The van der Waals surface area contributed by atoms with E-state index in [1.807, 2.05) is 36.7 Å². The average Bonchev–Trinajstić information content (AvgIpc) is 3.67. The first-order chi connectivity index (χ1) is 17.6. The summed E-state index contributed by atoms with van der Waals surface area (Å²) in [4.78, 5) is 30.2. The van der Waals surface area contributed by atoms with Gasteiger partial charge in [-0.05, 0) is 38.1 Å². The Balaban J connectivity index is 1.11. The zero-order valence-electron chi connectivity index (χ0n) is 19.9. The van der Waals surface area contributed by atoms with Gasteiger partial charge in [-0.1, -0.05) is 0 Å². The number of anilines is 4. The molecule has 3 aliphatic rings. The van der Waals surface area contributed by atoms with Gasteiger partial charge >= 0.3 is 0 Å². The van der Waals surface area contributed by atoms with Crippen LogP contribution >= 0.6 is 11.3 Å². The summed E-state index contributed by atoms with van der Waals surface area (Å²) in [6.45, 7) is 3.48. The molecule has 0 unspecified atom stereocenters. The maximum atomic E-state index is 9.87. The fourth-order valence-electron chi connectivity index (χ4n) is 5.50. The fraction of sp³-hybridized carbons (Fsp3) is 0.400. The molecule has 2 bridgehead atoms. The highest BCUT2D eigenvalue weighted by Crippen LogP contribution is 2.34. The summed E-state index contributed by atoms with van der Waals surface area (Å²) < 4.78 is 1.02. The van der Waals surface area contributed by atoms with Crippen molar-refractivity contribution in [1.29, 1.82) is 0 Å². The highest BCUT2D eigenvalue weighted by molar-refractivity contribution is 7.21. The van der Waals surface area contributed by atoms with Gasteiger partial charge in [-0.15, -0.1) is 11.3 Å². The Morgan fingerprint density at radius 2 is 1.92 bits per heavy atom. The van der Waals surface area contributed by atoms with E-state index < -0.39 is 0 Å². The Hall–Kier alpha value is -3.41. The predicted molar refractivity (Wildman–Crippen MR) is 141 cm³/mol. The zero-order chi connectivity index (χ0) is 24.2. The van der Waals surface area contributed by atoms with E-state index in [2.05, 4.69) is 42.0 Å². The van der Waals surface area contributed by atoms with Crippen molar-refractivity contribution in [3.05, 3.63) is 42.9 Å². The third-order valence-electron chi connectivity index (χ3n) is 7.43. The zero-order valence-corrected chi connectivity index (χ0v) is 20.8. The van der Waals surface area contributed by atoms with Crippen molar-refractivity contribution >= 4 is 45.0 Å². The van der Waals surface area contributed by atoms with E-state index in [0.717, 1.165) is 64.4 Å². The van der Waals surface area contributed by atoms with Crippen molar-refractivity contribution in [2.24, 2.45) is 0 Å². The third kappa shape index (κ3) is 3.93. The molecule has 11 heteroatoms. The first-order valence-electron chi connectivity index (χ1n) is 12.3. The van der Waals surface area contributed by atoms with Gasteiger partial charge < -0.3 is 20.2 Å². The minimum absolute atomic E-state index is 0.284. The molecule has 3 atom stereocenters. The van der Waals surface area contributed by atoms with Gasteiger partial charge in [0.25, 0.3) is 0 Å². The molecule has 4 aromatic heterocycles. The van der Waals surface area contributed by atoms with Gasteiger partial charge in [0.1, 0.15) is 22.5 Å². The topological polar surface area (TPSA) is 106 Å². The Bertz CT molecular complexity index is 1430. The maximum Gasteiger partial charge on any atom is 0.227 e. The van der Waals surface area contributed by atoms with Crippen molar-refractivity contribution in [2.75, 3.05) is 48.3 Å². The van der Waals surface area contributed by atoms with Crippen LogP contribution in [0.4, 0.5) is 23.4 Å². The van der Waals surface area contributed by atoms with E-state index in [0.29, 0.717) is 24.4 Å². The average molecular weight is 502 g/mol. The molecule has 3 aliphatic heterocycles. The molecular formula is C25H27N9OS. The number of aliphatic hydroxyl groups excluding tert-OH is 1. The number of piperazine rings is 1. The van der Waals surface area contributed by atoms with Crippen LogP contribution in [0.5, 0.6) is 0 Å². The summed E-state index contributed by atoms with van der Waals surface area (Å²) in [5.41, 5.74) is 1.90. The van der Waals surface area contributed by atoms with Gasteiger partial charge in [0, 0.05) is 68.5 Å². The fourth-order valence-corrected chi connectivity index (χ4v) is 6.41. The van der Waals surface area contributed by atoms with Crippen molar-refractivity contribution < 1.29 is 5.11 Å². The first kappa shape index (κ1) is 21.8. The molecule has 0 aromatic carbocycles. The summed E-state index contributed by atoms with van der Waals surface area (Å²) in [6.07, 6.45) is 7.14. The number of aromatic nitrogens is 5. The number of hydrogen-bond acceptors (Lipinski definition) is 11. The molecule has 7 heterocycles. The van der Waals surface area contributed by atoms with Crippen molar-refractivity contribution in [3.8, 4) is 10.6 Å². The molecule has 3 fully saturated rings. The number of nitrogens with zero attached hydrogens (tertiary/aromatic N) is 8. The van der Waals surface area contributed by atoms with Crippen LogP contribution < -0.4 is 15.1 Å². The van der Waals surface area contributed by atoms with Crippen LogP contribution in [0, 0.1) is 0 Å². The Morgan fingerprint density at radius 3 is 2.72 bits per heavy atom. The van der Waals surface area contributed by atoms with Crippen LogP contribution in [0.3, 0.4) is 0 Å². The molecule has 0 aliphatic carbocycles. The number of nitrogens with one attached hydrogen (secondary N) is 1. The standard InChI is InChI=1S/C25H27N9OS/c1-32-12-17-9-16(32)13-34(17)25-27-6-3-21(31-25)30-22-10-19-20(11-28-22)36-24(29-19)15-2-5-26-23(8-15)33-7-4-18(35)14-33/h2-3,5-6,8,10-11,16-18,35H,4,7,9,12-14H2,1H3,(H,27,28,30,31)/t16-,17-,18-/m0/s1. The first-order valence-corrected chi connectivity index (χ1v) is 13.1. The highest BCUT2D eigenvalue weighted by Gasteiger charge is 2.42. The summed E-state index contributed by atoms with van der Waals surface area (Å²) in [5.74, 6) is 3.08. The largest absolute Gasteiger partial charge is 0.391 e. The molecular weight excluding hydrogens is 474 g/mol. The lowest BCUT2D eigenvalue weighted by atomic mass is 10.2. The molecule has 36 heavy (non-hydrogen) atoms. The number of pyridine rings is 2. The van der Waals surface area contributed by atoms with E-state index in [1.54, 1.807) is 17.5 Å². The van der Waals surface area contributed by atoms with E-state index in [4.69, 9.17) is 9.97 Å². The number of thiazole rings is 1. The van der Waals surface area contributed by atoms with Gasteiger partial charge in [-0.25, -0.2) is 19.9 Å². The molecule has 3 saturated heterocycles.